The van der Waals surface area contributed by atoms with Crippen molar-refractivity contribution in [1.29, 1.82) is 0 Å². The van der Waals surface area contributed by atoms with Gasteiger partial charge in [0.2, 0.25) is 0 Å². The smallest absolute Gasteiger partial charge is 0.341 e. The summed E-state index contributed by atoms with van der Waals surface area (Å²) in [6, 6.07) is 5.98. The lowest BCUT2D eigenvalue weighted by atomic mass is 10.1. The first-order chi connectivity index (χ1) is 8.58. The lowest BCUT2D eigenvalue weighted by Crippen LogP contribution is -2.22. The third kappa shape index (κ3) is 4.04. The van der Waals surface area contributed by atoms with Crippen molar-refractivity contribution in [1.82, 2.24) is 5.32 Å². The van der Waals surface area contributed by atoms with Crippen LogP contribution in [0.1, 0.15) is 36.7 Å². The van der Waals surface area contributed by atoms with Gasteiger partial charge < -0.3 is 14.8 Å². The van der Waals surface area contributed by atoms with Gasteiger partial charge in [0.15, 0.2) is 0 Å². The zero-order chi connectivity index (χ0) is 13.5. The van der Waals surface area contributed by atoms with E-state index in [4.69, 9.17) is 9.47 Å². The quantitative estimate of drug-likeness (QED) is 0.788. The van der Waals surface area contributed by atoms with Crippen LogP contribution in [0, 0.1) is 0 Å². The molecule has 4 heteroatoms. The molecule has 0 amide bonds. The fourth-order valence-electron chi connectivity index (χ4n) is 1.56. The molecule has 18 heavy (non-hydrogen) atoms. The van der Waals surface area contributed by atoms with Crippen molar-refractivity contribution in [2.24, 2.45) is 0 Å². The van der Waals surface area contributed by atoms with E-state index in [2.05, 4.69) is 19.2 Å². The average molecular weight is 251 g/mol. The fraction of sp³-hybridized carbons (Fsp3) is 0.500. The maximum absolute atomic E-state index is 11.7. The van der Waals surface area contributed by atoms with Crippen molar-refractivity contribution in [2.75, 3.05) is 13.7 Å². The van der Waals surface area contributed by atoms with Crippen LogP contribution in [0.2, 0.25) is 0 Å². The van der Waals surface area contributed by atoms with Crippen molar-refractivity contribution in [3.63, 3.8) is 0 Å². The largest absolute Gasteiger partial charge is 0.493 e. The standard InChI is InChI=1S/C14H21NO3/c1-5-18-13-7-6-11(9-15-10(2)3)8-12(13)14(16)17-4/h6-8,10,15H,5,9H2,1-4H3. The molecule has 0 spiro atoms. The van der Waals surface area contributed by atoms with Gasteiger partial charge in [0, 0.05) is 12.6 Å². The van der Waals surface area contributed by atoms with E-state index >= 15 is 0 Å². The Balaban J connectivity index is 2.93. The summed E-state index contributed by atoms with van der Waals surface area (Å²) in [5.74, 6) is 0.197. The Morgan fingerprint density at radius 2 is 2.11 bits per heavy atom. The molecule has 0 aromatic heterocycles. The number of carbonyl (C=O) groups is 1. The minimum absolute atomic E-state index is 0.371. The second kappa shape index (κ2) is 7.01. The van der Waals surface area contributed by atoms with Crippen LogP contribution in [0.5, 0.6) is 5.75 Å². The first kappa shape index (κ1) is 14.5. The molecule has 0 bridgehead atoms. The van der Waals surface area contributed by atoms with E-state index in [1.54, 1.807) is 0 Å². The molecule has 1 N–H and O–H groups in total. The predicted octanol–water partition coefficient (Wildman–Crippen LogP) is 2.37. The third-order valence-electron chi connectivity index (χ3n) is 2.46. The first-order valence-corrected chi connectivity index (χ1v) is 6.15. The highest BCUT2D eigenvalue weighted by Crippen LogP contribution is 2.21. The molecule has 1 rings (SSSR count). The number of rotatable bonds is 6. The SMILES string of the molecule is CCOc1ccc(CNC(C)C)cc1C(=O)OC. The van der Waals surface area contributed by atoms with Gasteiger partial charge in [0.05, 0.1) is 13.7 Å². The molecule has 0 atom stereocenters. The Morgan fingerprint density at radius 3 is 2.67 bits per heavy atom. The number of methoxy groups -OCH3 is 1. The van der Waals surface area contributed by atoms with Gasteiger partial charge in [0.25, 0.3) is 0 Å². The van der Waals surface area contributed by atoms with Gasteiger partial charge in [-0.05, 0) is 24.6 Å². The van der Waals surface area contributed by atoms with E-state index in [-0.39, 0.29) is 5.97 Å². The summed E-state index contributed by atoms with van der Waals surface area (Å²) >= 11 is 0. The normalized spacial score (nSPS) is 10.5. The maximum atomic E-state index is 11.7. The summed E-state index contributed by atoms with van der Waals surface area (Å²) in [6.45, 7) is 7.28. The summed E-state index contributed by atoms with van der Waals surface area (Å²) in [7, 11) is 1.37. The summed E-state index contributed by atoms with van der Waals surface area (Å²) in [5.41, 5.74) is 1.51. The van der Waals surface area contributed by atoms with Gasteiger partial charge in [-0.15, -0.1) is 0 Å². The Bertz CT molecular complexity index is 402. The molecule has 1 aromatic carbocycles. The number of ether oxygens (including phenoxy) is 2. The zero-order valence-corrected chi connectivity index (χ0v) is 11.4. The minimum atomic E-state index is -0.371. The monoisotopic (exact) mass is 251 g/mol. The Kier molecular flexibility index (Phi) is 5.65. The molecule has 0 aliphatic carbocycles. The van der Waals surface area contributed by atoms with Gasteiger partial charge in [-0.1, -0.05) is 19.9 Å². The lowest BCUT2D eigenvalue weighted by Gasteiger charge is -2.12. The van der Waals surface area contributed by atoms with E-state index in [1.165, 1.54) is 7.11 Å². The number of esters is 1. The maximum Gasteiger partial charge on any atom is 0.341 e. The van der Waals surface area contributed by atoms with Crippen LogP contribution in [0.4, 0.5) is 0 Å². The Morgan fingerprint density at radius 1 is 1.39 bits per heavy atom. The molecule has 0 saturated carbocycles. The number of hydrogen-bond donors (Lipinski definition) is 1. The van der Waals surface area contributed by atoms with Crippen molar-refractivity contribution in [3.8, 4) is 5.75 Å². The molecule has 1 aromatic rings. The molecule has 0 heterocycles. The van der Waals surface area contributed by atoms with Crippen LogP contribution in [0.15, 0.2) is 18.2 Å². The van der Waals surface area contributed by atoms with Crippen molar-refractivity contribution >= 4 is 5.97 Å². The highest BCUT2D eigenvalue weighted by molar-refractivity contribution is 5.92. The van der Waals surface area contributed by atoms with Crippen LogP contribution >= 0.6 is 0 Å². The molecular weight excluding hydrogens is 230 g/mol. The molecule has 0 aliphatic rings. The highest BCUT2D eigenvalue weighted by atomic mass is 16.5. The van der Waals surface area contributed by atoms with E-state index < -0.39 is 0 Å². The van der Waals surface area contributed by atoms with Gasteiger partial charge in [-0.25, -0.2) is 4.79 Å². The summed E-state index contributed by atoms with van der Waals surface area (Å²) in [5, 5.41) is 3.30. The van der Waals surface area contributed by atoms with E-state index in [0.29, 0.717) is 30.5 Å². The molecule has 0 fully saturated rings. The molecule has 0 aliphatic heterocycles. The third-order valence-corrected chi connectivity index (χ3v) is 2.46. The van der Waals surface area contributed by atoms with Gasteiger partial charge >= 0.3 is 5.97 Å². The highest BCUT2D eigenvalue weighted by Gasteiger charge is 2.13. The number of benzene rings is 1. The summed E-state index contributed by atoms with van der Waals surface area (Å²) in [4.78, 5) is 11.7. The molecule has 0 radical (unpaired) electrons. The van der Waals surface area contributed by atoms with Crippen LogP contribution in [0.3, 0.4) is 0 Å². The van der Waals surface area contributed by atoms with Crippen molar-refractivity contribution in [3.05, 3.63) is 29.3 Å². The minimum Gasteiger partial charge on any atom is -0.493 e. The second-order valence-electron chi connectivity index (χ2n) is 4.29. The van der Waals surface area contributed by atoms with E-state index in [1.807, 2.05) is 25.1 Å². The molecule has 4 nitrogen and oxygen atoms in total. The van der Waals surface area contributed by atoms with Crippen LogP contribution in [0.25, 0.3) is 0 Å². The molecule has 100 valence electrons. The van der Waals surface area contributed by atoms with Crippen molar-refractivity contribution in [2.45, 2.75) is 33.4 Å². The molecular formula is C14H21NO3. The molecule has 0 saturated heterocycles. The topological polar surface area (TPSA) is 47.6 Å². The Labute approximate surface area is 108 Å². The van der Waals surface area contributed by atoms with Crippen LogP contribution < -0.4 is 10.1 Å². The van der Waals surface area contributed by atoms with Gasteiger partial charge in [0.1, 0.15) is 11.3 Å². The summed E-state index contributed by atoms with van der Waals surface area (Å²) in [6.07, 6.45) is 0. The first-order valence-electron chi connectivity index (χ1n) is 6.15. The van der Waals surface area contributed by atoms with Crippen LogP contribution in [-0.2, 0) is 11.3 Å². The average Bonchev–Trinajstić information content (AvgIpc) is 2.36. The number of carbonyl (C=O) groups excluding carboxylic acids is 1. The van der Waals surface area contributed by atoms with Gasteiger partial charge in [-0.3, -0.25) is 0 Å². The summed E-state index contributed by atoms with van der Waals surface area (Å²) < 4.78 is 10.2. The Hall–Kier alpha value is -1.55. The van der Waals surface area contributed by atoms with Gasteiger partial charge in [-0.2, -0.15) is 0 Å². The molecule has 0 unspecified atom stereocenters. The van der Waals surface area contributed by atoms with E-state index in [0.717, 1.165) is 5.56 Å². The van der Waals surface area contributed by atoms with E-state index in [9.17, 15) is 4.79 Å². The second-order valence-corrected chi connectivity index (χ2v) is 4.29. The predicted molar refractivity (Wildman–Crippen MR) is 70.9 cm³/mol. The zero-order valence-electron chi connectivity index (χ0n) is 11.4. The van der Waals surface area contributed by atoms with Crippen LogP contribution in [-0.4, -0.2) is 25.7 Å². The van der Waals surface area contributed by atoms with Crippen molar-refractivity contribution < 1.29 is 14.3 Å². The fourth-order valence-corrected chi connectivity index (χ4v) is 1.56. The number of nitrogens with one attached hydrogen (secondary N) is 1. The number of hydrogen-bond acceptors (Lipinski definition) is 4. The lowest BCUT2D eigenvalue weighted by molar-refractivity contribution is 0.0596.